The first kappa shape index (κ1) is 8.86. The molecular weight excluding hydrogens is 148 g/mol. The molecule has 0 heterocycles. The zero-order chi connectivity index (χ0) is 8.81. The molecule has 12 heavy (non-hydrogen) atoms. The quantitative estimate of drug-likeness (QED) is 0.631. The number of hydrogen-bond donors (Lipinski definition) is 1. The molecule has 1 aliphatic rings. The second-order valence-corrected chi connectivity index (χ2v) is 3.01. The number of allylic oxidation sites excluding steroid dienone is 3. The second kappa shape index (κ2) is 4.61. The Morgan fingerprint density at radius 2 is 2.17 bits per heavy atom. The SMILES string of the molecule is CN/C=C(/C#N)C=C1CCCC1. The van der Waals surface area contributed by atoms with Crippen molar-refractivity contribution >= 4 is 0 Å². The molecule has 0 aromatic carbocycles. The van der Waals surface area contributed by atoms with E-state index in [-0.39, 0.29) is 0 Å². The molecular formula is C10H14N2. The van der Waals surface area contributed by atoms with Gasteiger partial charge in [-0.25, -0.2) is 0 Å². The van der Waals surface area contributed by atoms with Crippen LogP contribution in [0.1, 0.15) is 25.7 Å². The van der Waals surface area contributed by atoms with Crippen LogP contribution in [0.25, 0.3) is 0 Å². The smallest absolute Gasteiger partial charge is 0.101 e. The van der Waals surface area contributed by atoms with E-state index in [0.29, 0.717) is 0 Å². The Bertz CT molecular complexity index is 235. The second-order valence-electron chi connectivity index (χ2n) is 3.01. The van der Waals surface area contributed by atoms with Crippen molar-refractivity contribution in [2.75, 3.05) is 7.05 Å². The molecule has 1 rings (SSSR count). The number of nitrogens with zero attached hydrogens (tertiary/aromatic N) is 1. The van der Waals surface area contributed by atoms with E-state index in [9.17, 15) is 0 Å². The van der Waals surface area contributed by atoms with Gasteiger partial charge in [0.05, 0.1) is 5.57 Å². The Morgan fingerprint density at radius 3 is 2.67 bits per heavy atom. The van der Waals surface area contributed by atoms with Crippen LogP contribution >= 0.6 is 0 Å². The van der Waals surface area contributed by atoms with Gasteiger partial charge in [0.2, 0.25) is 0 Å². The maximum Gasteiger partial charge on any atom is 0.101 e. The number of nitriles is 1. The first-order chi connectivity index (χ1) is 5.86. The highest BCUT2D eigenvalue weighted by atomic mass is 14.8. The monoisotopic (exact) mass is 162 g/mol. The van der Waals surface area contributed by atoms with Crippen molar-refractivity contribution in [1.82, 2.24) is 5.32 Å². The van der Waals surface area contributed by atoms with Crippen molar-refractivity contribution in [3.05, 3.63) is 23.4 Å². The molecule has 2 nitrogen and oxygen atoms in total. The summed E-state index contributed by atoms with van der Waals surface area (Å²) in [7, 11) is 1.81. The Hall–Kier alpha value is -1.23. The Morgan fingerprint density at radius 1 is 1.50 bits per heavy atom. The summed E-state index contributed by atoms with van der Waals surface area (Å²) in [5.74, 6) is 0. The highest BCUT2D eigenvalue weighted by Gasteiger charge is 2.06. The molecule has 0 atom stereocenters. The van der Waals surface area contributed by atoms with E-state index in [1.807, 2.05) is 13.1 Å². The molecule has 1 aliphatic carbocycles. The average Bonchev–Trinajstić information content (AvgIpc) is 2.56. The largest absolute Gasteiger partial charge is 0.393 e. The maximum absolute atomic E-state index is 8.71. The molecule has 0 amide bonds. The lowest BCUT2D eigenvalue weighted by atomic mass is 10.1. The molecule has 64 valence electrons. The van der Waals surface area contributed by atoms with Gasteiger partial charge < -0.3 is 5.32 Å². The Balaban J connectivity index is 2.63. The zero-order valence-electron chi connectivity index (χ0n) is 7.43. The highest BCUT2D eigenvalue weighted by molar-refractivity contribution is 5.35. The van der Waals surface area contributed by atoms with Crippen LogP contribution in [0.5, 0.6) is 0 Å². The minimum absolute atomic E-state index is 0.731. The Kier molecular flexibility index (Phi) is 3.40. The average molecular weight is 162 g/mol. The van der Waals surface area contributed by atoms with Crippen LogP contribution in [0, 0.1) is 11.3 Å². The van der Waals surface area contributed by atoms with E-state index in [4.69, 9.17) is 5.26 Å². The number of nitrogens with one attached hydrogen (secondary N) is 1. The fraction of sp³-hybridized carbons (Fsp3) is 0.500. The molecule has 2 heteroatoms. The third kappa shape index (κ3) is 2.43. The van der Waals surface area contributed by atoms with E-state index >= 15 is 0 Å². The predicted molar refractivity (Wildman–Crippen MR) is 49.3 cm³/mol. The Labute approximate surface area is 73.6 Å². The van der Waals surface area contributed by atoms with Crippen LogP contribution in [0.15, 0.2) is 23.4 Å². The van der Waals surface area contributed by atoms with Crippen molar-refractivity contribution in [2.24, 2.45) is 0 Å². The number of hydrogen-bond acceptors (Lipinski definition) is 2. The van der Waals surface area contributed by atoms with Gasteiger partial charge in [-0.3, -0.25) is 0 Å². The molecule has 0 aromatic rings. The fourth-order valence-electron chi connectivity index (χ4n) is 1.46. The summed E-state index contributed by atoms with van der Waals surface area (Å²) in [4.78, 5) is 0. The molecule has 0 spiro atoms. The first-order valence-corrected chi connectivity index (χ1v) is 4.34. The predicted octanol–water partition coefficient (Wildman–Crippen LogP) is 2.11. The molecule has 1 N–H and O–H groups in total. The van der Waals surface area contributed by atoms with Crippen LogP contribution in [-0.2, 0) is 0 Å². The van der Waals surface area contributed by atoms with Crippen LogP contribution in [0.2, 0.25) is 0 Å². The lowest BCUT2D eigenvalue weighted by Crippen LogP contribution is -1.94. The molecule has 0 aliphatic heterocycles. The molecule has 0 bridgehead atoms. The van der Waals surface area contributed by atoms with Crippen LogP contribution < -0.4 is 5.32 Å². The van der Waals surface area contributed by atoms with Gasteiger partial charge in [0.15, 0.2) is 0 Å². The molecule has 0 unspecified atom stereocenters. The van der Waals surface area contributed by atoms with Crippen LogP contribution in [-0.4, -0.2) is 7.05 Å². The molecule has 1 fully saturated rings. The minimum atomic E-state index is 0.731. The summed E-state index contributed by atoms with van der Waals surface area (Å²) >= 11 is 0. The van der Waals surface area contributed by atoms with Crippen molar-refractivity contribution < 1.29 is 0 Å². The van der Waals surface area contributed by atoms with Crippen molar-refractivity contribution in [3.63, 3.8) is 0 Å². The standard InChI is InChI=1S/C10H14N2/c1-12-8-10(7-11)6-9-4-2-3-5-9/h6,8,12H,2-5H2,1H3/b10-8+. The molecule has 0 saturated heterocycles. The van der Waals surface area contributed by atoms with E-state index in [2.05, 4.69) is 11.4 Å². The summed E-state index contributed by atoms with van der Waals surface area (Å²) in [6.45, 7) is 0. The third-order valence-electron chi connectivity index (χ3n) is 2.03. The van der Waals surface area contributed by atoms with Crippen molar-refractivity contribution in [2.45, 2.75) is 25.7 Å². The summed E-state index contributed by atoms with van der Waals surface area (Å²) in [6, 6.07) is 2.15. The number of rotatable bonds is 2. The molecule has 0 radical (unpaired) electrons. The van der Waals surface area contributed by atoms with Gasteiger partial charge >= 0.3 is 0 Å². The molecule has 1 saturated carbocycles. The summed E-state index contributed by atoms with van der Waals surface area (Å²) in [6.07, 6.45) is 8.65. The van der Waals surface area contributed by atoms with E-state index < -0.39 is 0 Å². The summed E-state index contributed by atoms with van der Waals surface area (Å²) in [5.41, 5.74) is 2.15. The summed E-state index contributed by atoms with van der Waals surface area (Å²) in [5, 5.41) is 11.6. The third-order valence-corrected chi connectivity index (χ3v) is 2.03. The van der Waals surface area contributed by atoms with Crippen LogP contribution in [0.4, 0.5) is 0 Å². The lowest BCUT2D eigenvalue weighted by Gasteiger charge is -1.94. The first-order valence-electron chi connectivity index (χ1n) is 4.34. The van der Waals surface area contributed by atoms with Gasteiger partial charge in [-0.15, -0.1) is 0 Å². The lowest BCUT2D eigenvalue weighted by molar-refractivity contribution is 0.886. The van der Waals surface area contributed by atoms with Gasteiger partial charge in [0.25, 0.3) is 0 Å². The fourth-order valence-corrected chi connectivity index (χ4v) is 1.46. The van der Waals surface area contributed by atoms with Crippen molar-refractivity contribution in [3.8, 4) is 6.07 Å². The molecule has 0 aromatic heterocycles. The minimum Gasteiger partial charge on any atom is -0.393 e. The van der Waals surface area contributed by atoms with E-state index in [1.54, 1.807) is 6.20 Å². The summed E-state index contributed by atoms with van der Waals surface area (Å²) < 4.78 is 0. The topological polar surface area (TPSA) is 35.8 Å². The van der Waals surface area contributed by atoms with E-state index in [1.165, 1.54) is 31.3 Å². The maximum atomic E-state index is 8.71. The van der Waals surface area contributed by atoms with Gasteiger partial charge in [0, 0.05) is 13.2 Å². The van der Waals surface area contributed by atoms with Crippen LogP contribution in [0.3, 0.4) is 0 Å². The zero-order valence-corrected chi connectivity index (χ0v) is 7.43. The van der Waals surface area contributed by atoms with Gasteiger partial charge in [0.1, 0.15) is 6.07 Å². The van der Waals surface area contributed by atoms with Crippen molar-refractivity contribution in [1.29, 1.82) is 5.26 Å². The highest BCUT2D eigenvalue weighted by Crippen LogP contribution is 2.24. The van der Waals surface area contributed by atoms with Gasteiger partial charge in [-0.2, -0.15) is 5.26 Å². The van der Waals surface area contributed by atoms with Gasteiger partial charge in [-0.1, -0.05) is 5.57 Å². The van der Waals surface area contributed by atoms with E-state index in [0.717, 1.165) is 5.57 Å². The normalized spacial score (nSPS) is 17.3. The van der Waals surface area contributed by atoms with Gasteiger partial charge in [-0.05, 0) is 31.8 Å².